The number of nitrogens with two attached hydrogens (primary N) is 1. The largest absolute Gasteiger partial charge is 0.481 e. The molecule has 0 saturated heterocycles. The summed E-state index contributed by atoms with van der Waals surface area (Å²) in [5.74, 6) is 1.28. The molecule has 1 heterocycles. The Balaban J connectivity index is 0.00000144. The molecule has 2 rings (SSSR count). The molecule has 1 aliphatic carbocycles. The maximum Gasteiger partial charge on any atom is 0.212 e. The van der Waals surface area contributed by atoms with Crippen molar-refractivity contribution in [2.75, 3.05) is 7.11 Å². The van der Waals surface area contributed by atoms with E-state index in [1.54, 1.807) is 7.11 Å². The van der Waals surface area contributed by atoms with E-state index in [-0.39, 0.29) is 18.4 Å². The van der Waals surface area contributed by atoms with Gasteiger partial charge in [0.25, 0.3) is 0 Å². The average molecular weight is 257 g/mol. The Hall–Kier alpha value is -0.800. The van der Waals surface area contributed by atoms with Gasteiger partial charge in [0.2, 0.25) is 5.88 Å². The molecule has 1 aromatic heterocycles. The second kappa shape index (κ2) is 6.82. The molecule has 0 aliphatic heterocycles. The number of hydrogen-bond donors (Lipinski definition) is 1. The van der Waals surface area contributed by atoms with Crippen LogP contribution in [0.5, 0.6) is 5.88 Å². The molecule has 17 heavy (non-hydrogen) atoms. The molecule has 0 spiro atoms. The fourth-order valence-electron chi connectivity index (χ4n) is 2.48. The van der Waals surface area contributed by atoms with Gasteiger partial charge in [-0.2, -0.15) is 0 Å². The quantitative estimate of drug-likeness (QED) is 0.904. The molecular weight excluding hydrogens is 236 g/mol. The highest BCUT2D eigenvalue weighted by atomic mass is 35.5. The highest BCUT2D eigenvalue weighted by Crippen LogP contribution is 2.32. The second-order valence-electron chi connectivity index (χ2n) is 4.56. The van der Waals surface area contributed by atoms with Gasteiger partial charge >= 0.3 is 0 Å². The lowest BCUT2D eigenvalue weighted by Gasteiger charge is -2.27. The Morgan fingerprint density at radius 3 is 2.53 bits per heavy atom. The molecule has 4 heteroatoms. The molecule has 0 unspecified atom stereocenters. The summed E-state index contributed by atoms with van der Waals surface area (Å²) in [7, 11) is 1.63. The summed E-state index contributed by atoms with van der Waals surface area (Å²) < 4.78 is 5.04. The Kier molecular flexibility index (Phi) is 5.72. The van der Waals surface area contributed by atoms with E-state index in [4.69, 9.17) is 10.5 Å². The number of nitrogens with zero attached hydrogens (tertiary/aromatic N) is 1. The predicted octanol–water partition coefficient (Wildman–Crippen LogP) is 3.09. The fourth-order valence-corrected chi connectivity index (χ4v) is 2.48. The van der Waals surface area contributed by atoms with Gasteiger partial charge in [-0.3, -0.25) is 0 Å². The van der Waals surface area contributed by atoms with Crippen molar-refractivity contribution >= 4 is 12.4 Å². The van der Waals surface area contributed by atoms with Gasteiger partial charge in [-0.15, -0.1) is 12.4 Å². The molecule has 0 amide bonds. The molecule has 3 nitrogen and oxygen atoms in total. The van der Waals surface area contributed by atoms with Crippen molar-refractivity contribution < 1.29 is 4.74 Å². The third-order valence-corrected chi connectivity index (χ3v) is 3.51. The predicted molar refractivity (Wildman–Crippen MR) is 71.5 cm³/mol. The minimum atomic E-state index is 0. The summed E-state index contributed by atoms with van der Waals surface area (Å²) in [4.78, 5) is 4.21. The lowest BCUT2D eigenvalue weighted by Crippen LogP contribution is -2.23. The Bertz CT molecular complexity index is 323. The summed E-state index contributed by atoms with van der Waals surface area (Å²) in [6.07, 6.45) is 8.37. The van der Waals surface area contributed by atoms with Gasteiger partial charge in [0.15, 0.2) is 0 Å². The monoisotopic (exact) mass is 256 g/mol. The van der Waals surface area contributed by atoms with E-state index in [0.29, 0.717) is 11.8 Å². The summed E-state index contributed by atoms with van der Waals surface area (Å²) in [6.45, 7) is 0. The normalized spacial score (nSPS) is 18.2. The molecule has 1 saturated carbocycles. The number of methoxy groups -OCH3 is 1. The molecule has 0 radical (unpaired) electrons. The molecule has 1 atom stereocenters. The fraction of sp³-hybridized carbons (Fsp3) is 0.615. The van der Waals surface area contributed by atoms with Crippen LogP contribution in [0.2, 0.25) is 0 Å². The van der Waals surface area contributed by atoms with E-state index in [1.807, 2.05) is 18.3 Å². The Morgan fingerprint density at radius 2 is 2.00 bits per heavy atom. The van der Waals surface area contributed by atoms with Gasteiger partial charge in [-0.25, -0.2) is 4.98 Å². The molecule has 0 aromatic carbocycles. The van der Waals surface area contributed by atoms with Crippen LogP contribution in [-0.4, -0.2) is 12.1 Å². The minimum Gasteiger partial charge on any atom is -0.481 e. The minimum absolute atomic E-state index is 0. The molecule has 1 fully saturated rings. The first kappa shape index (κ1) is 14.3. The van der Waals surface area contributed by atoms with Crippen LogP contribution in [0.1, 0.15) is 43.7 Å². The second-order valence-corrected chi connectivity index (χ2v) is 4.56. The van der Waals surface area contributed by atoms with Gasteiger partial charge in [0.05, 0.1) is 7.11 Å². The van der Waals surface area contributed by atoms with Crippen LogP contribution in [-0.2, 0) is 0 Å². The highest BCUT2D eigenvalue weighted by Gasteiger charge is 2.21. The smallest absolute Gasteiger partial charge is 0.212 e. The van der Waals surface area contributed by atoms with Crippen LogP contribution in [0.4, 0.5) is 0 Å². The summed E-state index contributed by atoms with van der Waals surface area (Å²) in [5.41, 5.74) is 7.41. The van der Waals surface area contributed by atoms with Gasteiger partial charge < -0.3 is 10.5 Å². The molecule has 96 valence electrons. The maximum absolute atomic E-state index is 6.28. The molecule has 1 aromatic rings. The van der Waals surface area contributed by atoms with Crippen LogP contribution in [0.3, 0.4) is 0 Å². The summed E-state index contributed by atoms with van der Waals surface area (Å²) in [6, 6.07) is 4.06. The van der Waals surface area contributed by atoms with E-state index >= 15 is 0 Å². The van der Waals surface area contributed by atoms with E-state index in [1.165, 1.54) is 32.1 Å². The zero-order valence-corrected chi connectivity index (χ0v) is 11.1. The number of aromatic nitrogens is 1. The number of rotatable bonds is 3. The van der Waals surface area contributed by atoms with Crippen LogP contribution in [0.25, 0.3) is 0 Å². The highest BCUT2D eigenvalue weighted by molar-refractivity contribution is 5.85. The van der Waals surface area contributed by atoms with Gasteiger partial charge in [0.1, 0.15) is 0 Å². The number of halogens is 1. The average Bonchev–Trinajstić information content (AvgIpc) is 2.39. The van der Waals surface area contributed by atoms with Crippen molar-refractivity contribution in [1.29, 1.82) is 0 Å². The third-order valence-electron chi connectivity index (χ3n) is 3.51. The van der Waals surface area contributed by atoms with E-state index in [9.17, 15) is 0 Å². The summed E-state index contributed by atoms with van der Waals surface area (Å²) in [5, 5.41) is 0. The molecule has 1 aliphatic rings. The molecular formula is C13H21ClN2O. The zero-order valence-electron chi connectivity index (χ0n) is 10.3. The topological polar surface area (TPSA) is 48.1 Å². The summed E-state index contributed by atoms with van der Waals surface area (Å²) >= 11 is 0. The SMILES string of the molecule is COc1ccc([C@H](N)C2CCCCC2)cn1.Cl. The first-order valence-corrected chi connectivity index (χ1v) is 6.07. The van der Waals surface area contributed by atoms with Crippen LogP contribution < -0.4 is 10.5 Å². The lowest BCUT2D eigenvalue weighted by atomic mass is 9.82. The molecule has 0 bridgehead atoms. The third kappa shape index (κ3) is 3.58. The lowest BCUT2D eigenvalue weighted by molar-refractivity contribution is 0.307. The Labute approximate surface area is 109 Å². The van der Waals surface area contributed by atoms with Crippen LogP contribution in [0, 0.1) is 5.92 Å². The number of hydrogen-bond acceptors (Lipinski definition) is 3. The first-order chi connectivity index (χ1) is 7.81. The first-order valence-electron chi connectivity index (χ1n) is 6.07. The number of ether oxygens (including phenoxy) is 1. The van der Waals surface area contributed by atoms with Crippen molar-refractivity contribution in [3.8, 4) is 5.88 Å². The van der Waals surface area contributed by atoms with E-state index in [2.05, 4.69) is 4.98 Å². The van der Waals surface area contributed by atoms with Crippen molar-refractivity contribution in [1.82, 2.24) is 4.98 Å². The van der Waals surface area contributed by atoms with Crippen molar-refractivity contribution in [2.45, 2.75) is 38.1 Å². The molecule has 2 N–H and O–H groups in total. The van der Waals surface area contributed by atoms with Crippen LogP contribution >= 0.6 is 12.4 Å². The van der Waals surface area contributed by atoms with Gasteiger partial charge in [-0.05, 0) is 24.3 Å². The van der Waals surface area contributed by atoms with Crippen LogP contribution in [0.15, 0.2) is 18.3 Å². The van der Waals surface area contributed by atoms with Gasteiger partial charge in [0, 0.05) is 18.3 Å². The standard InChI is InChI=1S/C13H20N2O.ClH/c1-16-12-8-7-11(9-15-12)13(14)10-5-3-2-4-6-10;/h7-10,13H,2-6,14H2,1H3;1H/t13-;/m1./s1. The zero-order chi connectivity index (χ0) is 11.4. The Morgan fingerprint density at radius 1 is 1.29 bits per heavy atom. The number of pyridine rings is 1. The maximum atomic E-state index is 6.28. The van der Waals surface area contributed by atoms with Crippen molar-refractivity contribution in [3.63, 3.8) is 0 Å². The van der Waals surface area contributed by atoms with Gasteiger partial charge in [-0.1, -0.05) is 25.3 Å². The van der Waals surface area contributed by atoms with Crippen molar-refractivity contribution in [3.05, 3.63) is 23.9 Å². The van der Waals surface area contributed by atoms with E-state index in [0.717, 1.165) is 5.56 Å². The van der Waals surface area contributed by atoms with E-state index < -0.39 is 0 Å². The van der Waals surface area contributed by atoms with Crippen molar-refractivity contribution in [2.24, 2.45) is 11.7 Å².